The molecule has 5 heteroatoms. The minimum Gasteiger partial charge on any atom is -0.496 e. The fourth-order valence-electron chi connectivity index (χ4n) is 2.69. The molecule has 1 heterocycles. The summed E-state index contributed by atoms with van der Waals surface area (Å²) in [5, 5.41) is 17.4. The number of piperidine rings is 1. The summed E-state index contributed by atoms with van der Waals surface area (Å²) in [6.45, 7) is 4.67. The van der Waals surface area contributed by atoms with E-state index in [2.05, 4.69) is 11.8 Å². The van der Waals surface area contributed by atoms with Gasteiger partial charge < -0.3 is 15.6 Å². The van der Waals surface area contributed by atoms with Gasteiger partial charge in [0.25, 0.3) is 0 Å². The van der Waals surface area contributed by atoms with Gasteiger partial charge in [0.1, 0.15) is 11.6 Å². The highest BCUT2D eigenvalue weighted by molar-refractivity contribution is 5.97. The maximum Gasteiger partial charge on any atom is 0.129 e. The van der Waals surface area contributed by atoms with Crippen LogP contribution in [0.25, 0.3) is 0 Å². The van der Waals surface area contributed by atoms with Crippen LogP contribution >= 0.6 is 0 Å². The van der Waals surface area contributed by atoms with Gasteiger partial charge >= 0.3 is 0 Å². The number of aliphatic hydroxyl groups excluding tert-OH is 1. The van der Waals surface area contributed by atoms with Crippen LogP contribution in [0.2, 0.25) is 0 Å². The minimum absolute atomic E-state index is 0.0196. The van der Waals surface area contributed by atoms with Gasteiger partial charge in [0.15, 0.2) is 0 Å². The van der Waals surface area contributed by atoms with Crippen LogP contribution in [-0.4, -0.2) is 42.1 Å². The van der Waals surface area contributed by atoms with Gasteiger partial charge in [-0.1, -0.05) is 13.0 Å². The lowest BCUT2D eigenvalue weighted by Crippen LogP contribution is -2.41. The number of benzene rings is 1. The van der Waals surface area contributed by atoms with Crippen molar-refractivity contribution in [1.29, 1.82) is 5.41 Å². The highest BCUT2D eigenvalue weighted by atomic mass is 16.5. The quantitative estimate of drug-likeness (QED) is 0.570. The van der Waals surface area contributed by atoms with E-state index < -0.39 is 0 Å². The first-order valence-electron chi connectivity index (χ1n) is 6.93. The zero-order valence-corrected chi connectivity index (χ0v) is 12.1. The molecular weight excluding hydrogens is 254 g/mol. The van der Waals surface area contributed by atoms with Crippen LogP contribution < -0.4 is 10.5 Å². The van der Waals surface area contributed by atoms with Crippen molar-refractivity contribution < 1.29 is 9.84 Å². The molecule has 1 aliphatic heterocycles. The largest absolute Gasteiger partial charge is 0.496 e. The first-order chi connectivity index (χ1) is 9.51. The third kappa shape index (κ3) is 3.29. The van der Waals surface area contributed by atoms with E-state index in [1.54, 1.807) is 7.11 Å². The van der Waals surface area contributed by atoms with Crippen LogP contribution in [0.1, 0.15) is 24.5 Å². The van der Waals surface area contributed by atoms with Crippen LogP contribution in [0.5, 0.6) is 5.75 Å². The summed E-state index contributed by atoms with van der Waals surface area (Å²) in [6, 6.07) is 5.77. The zero-order chi connectivity index (χ0) is 14.7. The van der Waals surface area contributed by atoms with E-state index in [1.807, 2.05) is 18.2 Å². The number of hydrogen-bond acceptors (Lipinski definition) is 4. The second-order valence-corrected chi connectivity index (χ2v) is 5.52. The van der Waals surface area contributed by atoms with E-state index in [-0.39, 0.29) is 11.9 Å². The fourth-order valence-corrected chi connectivity index (χ4v) is 2.69. The first kappa shape index (κ1) is 14.8. The third-order valence-electron chi connectivity index (χ3n) is 3.90. The Kier molecular flexibility index (Phi) is 4.62. The Bertz CT molecular complexity index is 490. The lowest BCUT2D eigenvalue weighted by atomic mass is 9.96. The topological polar surface area (TPSA) is 82.6 Å². The van der Waals surface area contributed by atoms with Crippen LogP contribution in [0, 0.1) is 11.3 Å². The number of nitrogens with zero attached hydrogens (tertiary/aromatic N) is 1. The maximum atomic E-state index is 9.76. The Morgan fingerprint density at radius 2 is 2.30 bits per heavy atom. The van der Waals surface area contributed by atoms with Crippen molar-refractivity contribution in [3.63, 3.8) is 0 Å². The average Bonchev–Trinajstić information content (AvgIpc) is 2.43. The molecule has 4 N–H and O–H groups in total. The standard InChI is InChI=1S/C15H23N3O2/c1-10-8-18(6-5-13(10)19)9-11-3-4-14(20-2)12(7-11)15(16)17/h3-4,7,10,13,19H,5-6,8-9H2,1-2H3,(H3,16,17). The molecule has 0 radical (unpaired) electrons. The number of nitrogen functional groups attached to an aromatic ring is 1. The molecule has 5 nitrogen and oxygen atoms in total. The number of nitrogens with one attached hydrogen (secondary N) is 1. The number of hydrogen-bond donors (Lipinski definition) is 3. The Hall–Kier alpha value is -1.59. The van der Waals surface area contributed by atoms with E-state index in [1.165, 1.54) is 0 Å². The molecule has 1 aromatic rings. The Labute approximate surface area is 119 Å². The maximum absolute atomic E-state index is 9.76. The fraction of sp³-hybridized carbons (Fsp3) is 0.533. The molecular formula is C15H23N3O2. The first-order valence-corrected chi connectivity index (χ1v) is 6.93. The molecule has 2 unspecified atom stereocenters. The molecule has 1 aliphatic rings. The summed E-state index contributed by atoms with van der Waals surface area (Å²) in [4.78, 5) is 2.32. The second-order valence-electron chi connectivity index (χ2n) is 5.52. The monoisotopic (exact) mass is 277 g/mol. The van der Waals surface area contributed by atoms with E-state index >= 15 is 0 Å². The zero-order valence-electron chi connectivity index (χ0n) is 12.1. The summed E-state index contributed by atoms with van der Waals surface area (Å²) >= 11 is 0. The van der Waals surface area contributed by atoms with Gasteiger partial charge in [-0.2, -0.15) is 0 Å². The smallest absolute Gasteiger partial charge is 0.129 e. The van der Waals surface area contributed by atoms with Crippen LogP contribution in [0.15, 0.2) is 18.2 Å². The van der Waals surface area contributed by atoms with Crippen molar-refractivity contribution in [1.82, 2.24) is 4.90 Å². The molecule has 0 aromatic heterocycles. The van der Waals surface area contributed by atoms with Crippen molar-refractivity contribution >= 4 is 5.84 Å². The molecule has 20 heavy (non-hydrogen) atoms. The minimum atomic E-state index is -0.185. The predicted octanol–water partition coefficient (Wildman–Crippen LogP) is 1.18. The van der Waals surface area contributed by atoms with Gasteiger partial charge in [0.05, 0.1) is 18.8 Å². The molecule has 0 spiro atoms. The Morgan fingerprint density at radius 1 is 1.55 bits per heavy atom. The molecule has 0 aliphatic carbocycles. The van der Waals surface area contributed by atoms with Crippen LogP contribution in [0.3, 0.4) is 0 Å². The Balaban J connectivity index is 2.10. The predicted molar refractivity (Wildman–Crippen MR) is 79.1 cm³/mol. The highest BCUT2D eigenvalue weighted by Crippen LogP contribution is 2.22. The number of methoxy groups -OCH3 is 1. The van der Waals surface area contributed by atoms with E-state index in [0.29, 0.717) is 17.2 Å². The molecule has 0 bridgehead atoms. The Morgan fingerprint density at radius 3 is 2.90 bits per heavy atom. The van der Waals surface area contributed by atoms with Crippen molar-refractivity contribution in [3.05, 3.63) is 29.3 Å². The number of amidine groups is 1. The van der Waals surface area contributed by atoms with Gasteiger partial charge in [0.2, 0.25) is 0 Å². The summed E-state index contributed by atoms with van der Waals surface area (Å²) in [5.41, 5.74) is 7.33. The molecule has 1 aromatic carbocycles. The summed E-state index contributed by atoms with van der Waals surface area (Å²) < 4.78 is 5.22. The molecule has 2 rings (SSSR count). The van der Waals surface area contributed by atoms with Crippen molar-refractivity contribution in [2.24, 2.45) is 11.7 Å². The average molecular weight is 277 g/mol. The van der Waals surface area contributed by atoms with Crippen molar-refractivity contribution in [3.8, 4) is 5.75 Å². The summed E-state index contributed by atoms with van der Waals surface area (Å²) in [7, 11) is 1.58. The van der Waals surface area contributed by atoms with Gasteiger partial charge in [-0.3, -0.25) is 10.3 Å². The van der Waals surface area contributed by atoms with Crippen LogP contribution in [0.4, 0.5) is 0 Å². The third-order valence-corrected chi connectivity index (χ3v) is 3.90. The SMILES string of the molecule is COc1ccc(CN2CCC(O)C(C)C2)cc1C(=N)N. The van der Waals surface area contributed by atoms with Gasteiger partial charge in [0, 0.05) is 19.6 Å². The molecule has 1 fully saturated rings. The molecule has 0 amide bonds. The van der Waals surface area contributed by atoms with E-state index in [4.69, 9.17) is 15.9 Å². The summed E-state index contributed by atoms with van der Waals surface area (Å²) in [6.07, 6.45) is 0.631. The van der Waals surface area contributed by atoms with Crippen molar-refractivity contribution in [2.75, 3.05) is 20.2 Å². The molecule has 110 valence electrons. The lowest BCUT2D eigenvalue weighted by molar-refractivity contribution is 0.0320. The highest BCUT2D eigenvalue weighted by Gasteiger charge is 2.24. The number of nitrogens with two attached hydrogens (primary N) is 1. The normalized spacial score (nSPS) is 23.6. The van der Waals surface area contributed by atoms with Crippen LogP contribution in [-0.2, 0) is 6.54 Å². The second kappa shape index (κ2) is 6.24. The molecule has 1 saturated heterocycles. The van der Waals surface area contributed by atoms with E-state index in [9.17, 15) is 5.11 Å². The lowest BCUT2D eigenvalue weighted by Gasteiger charge is -2.34. The number of likely N-dealkylation sites (tertiary alicyclic amines) is 1. The van der Waals surface area contributed by atoms with Crippen molar-refractivity contribution in [2.45, 2.75) is 26.0 Å². The number of aliphatic hydroxyl groups is 1. The summed E-state index contributed by atoms with van der Waals surface area (Å²) in [5.74, 6) is 0.948. The van der Waals surface area contributed by atoms with Gasteiger partial charge in [-0.25, -0.2) is 0 Å². The van der Waals surface area contributed by atoms with Gasteiger partial charge in [-0.15, -0.1) is 0 Å². The number of rotatable bonds is 4. The molecule has 2 atom stereocenters. The van der Waals surface area contributed by atoms with E-state index in [0.717, 1.165) is 31.6 Å². The number of ether oxygens (including phenoxy) is 1. The molecule has 0 saturated carbocycles. The van der Waals surface area contributed by atoms with Gasteiger partial charge in [-0.05, 0) is 30.0 Å².